The molecule has 298 valence electrons. The maximum absolute atomic E-state index is 14.8. The van der Waals surface area contributed by atoms with Crippen molar-refractivity contribution < 1.29 is 32.3 Å². The highest BCUT2D eigenvalue weighted by Gasteiger charge is 2.59. The number of ether oxygens (including phenoxy) is 2. The minimum Gasteiger partial charge on any atom is -0.497 e. The first-order valence-corrected chi connectivity index (χ1v) is 21.5. The van der Waals surface area contributed by atoms with Crippen LogP contribution in [0.4, 0.5) is 0 Å². The monoisotopic (exact) mass is 791 g/mol. The van der Waals surface area contributed by atoms with Crippen LogP contribution in [0.1, 0.15) is 69.8 Å². The minimum absolute atomic E-state index is 0.124. The van der Waals surface area contributed by atoms with Gasteiger partial charge < -0.3 is 25.0 Å². The van der Waals surface area contributed by atoms with Crippen molar-refractivity contribution in [2.45, 2.75) is 99.7 Å². The lowest BCUT2D eigenvalue weighted by molar-refractivity contribution is -0.141. The molecule has 3 heterocycles. The SMILES string of the molecule is COc1ccc2c(O[C@@H]3C[C@H]4C(=O)N[C@]5(C(=O)NS(=O)(=O)C6CC6)C/C5=C\CCCCCC[C@H](NCc5ccccc5)C(=O)N4C3)cc(-c3ccccc3)nc2c1. The molecule has 1 aromatic heterocycles. The van der Waals surface area contributed by atoms with Gasteiger partial charge in [-0.05, 0) is 55.4 Å². The molecule has 4 aliphatic rings. The molecule has 57 heavy (non-hydrogen) atoms. The van der Waals surface area contributed by atoms with Gasteiger partial charge in [-0.15, -0.1) is 0 Å². The minimum atomic E-state index is -3.87. The molecule has 3 aromatic carbocycles. The number of hydrogen-bond acceptors (Lipinski definition) is 9. The average molecular weight is 792 g/mol. The quantitative estimate of drug-likeness (QED) is 0.175. The Kier molecular flexibility index (Phi) is 11.0. The summed E-state index contributed by atoms with van der Waals surface area (Å²) < 4.78 is 40.4. The van der Waals surface area contributed by atoms with Crippen LogP contribution in [0.3, 0.4) is 0 Å². The summed E-state index contributed by atoms with van der Waals surface area (Å²) in [6, 6.07) is 25.6. The number of pyridine rings is 1. The van der Waals surface area contributed by atoms with Gasteiger partial charge in [-0.3, -0.25) is 19.1 Å². The summed E-state index contributed by atoms with van der Waals surface area (Å²) in [6.07, 6.45) is 7.57. The second-order valence-corrected chi connectivity index (χ2v) is 17.6. The highest BCUT2D eigenvalue weighted by atomic mass is 32.2. The number of allylic oxidation sites excluding steroid dienone is 1. The van der Waals surface area contributed by atoms with Gasteiger partial charge in [0.15, 0.2) is 0 Å². The molecule has 0 spiro atoms. The Balaban J connectivity index is 1.12. The van der Waals surface area contributed by atoms with E-state index in [1.807, 2.05) is 91.0 Å². The maximum Gasteiger partial charge on any atom is 0.263 e. The van der Waals surface area contributed by atoms with Crippen molar-refractivity contribution in [3.63, 3.8) is 0 Å². The van der Waals surface area contributed by atoms with Gasteiger partial charge in [-0.1, -0.05) is 86.0 Å². The number of benzene rings is 3. The average Bonchev–Trinajstić information content (AvgIpc) is 4.15. The number of rotatable bonds is 10. The van der Waals surface area contributed by atoms with Gasteiger partial charge in [0.1, 0.15) is 29.2 Å². The standard InChI is InChI=1S/C44H49N5O7S/c1-55-32-19-22-35-38(23-32)46-37(30-15-9-6-10-16-30)25-40(35)56-33-24-39-41(50)47-44(43(52)48-57(53,54)34-20-21-34)26-31(44)17-11-3-2-4-12-18-36(42(51)49(39)28-33)45-27-29-13-7-5-8-14-29/h5-10,13-17,19,22-23,25,33-34,36,39,45H,2-4,11-12,18,20-21,24,26-28H2,1H3,(H,47,50)(H,48,52)/b31-17+/t33-,36+,39+,44-/m1/s1. The van der Waals surface area contributed by atoms with E-state index in [0.29, 0.717) is 60.5 Å². The Labute approximate surface area is 333 Å². The number of hydrogen-bond donors (Lipinski definition) is 3. The highest BCUT2D eigenvalue weighted by molar-refractivity contribution is 7.91. The Morgan fingerprint density at radius 2 is 1.70 bits per heavy atom. The van der Waals surface area contributed by atoms with Crippen molar-refractivity contribution in [1.29, 1.82) is 0 Å². The summed E-state index contributed by atoms with van der Waals surface area (Å²) in [5.41, 5.74) is 2.49. The van der Waals surface area contributed by atoms with Crippen molar-refractivity contribution >= 4 is 38.6 Å². The maximum atomic E-state index is 14.8. The van der Waals surface area contributed by atoms with E-state index in [2.05, 4.69) is 15.4 Å². The third-order valence-electron chi connectivity index (χ3n) is 11.5. The van der Waals surface area contributed by atoms with Crippen LogP contribution in [0.5, 0.6) is 11.5 Å². The van der Waals surface area contributed by atoms with Crippen LogP contribution in [-0.4, -0.2) is 78.7 Å². The Hall–Kier alpha value is -5.27. The number of aromatic nitrogens is 1. The first-order chi connectivity index (χ1) is 27.6. The molecule has 3 N–H and O–H groups in total. The van der Waals surface area contributed by atoms with E-state index in [9.17, 15) is 22.8 Å². The fourth-order valence-corrected chi connectivity index (χ4v) is 9.41. The van der Waals surface area contributed by atoms with E-state index in [-0.39, 0.29) is 25.3 Å². The van der Waals surface area contributed by atoms with E-state index in [4.69, 9.17) is 14.5 Å². The zero-order valence-electron chi connectivity index (χ0n) is 32.1. The zero-order chi connectivity index (χ0) is 39.6. The second-order valence-electron chi connectivity index (χ2n) is 15.6. The molecule has 2 saturated carbocycles. The van der Waals surface area contributed by atoms with Crippen molar-refractivity contribution in [1.82, 2.24) is 25.2 Å². The summed E-state index contributed by atoms with van der Waals surface area (Å²) in [5, 5.41) is 6.60. The lowest BCUT2D eigenvalue weighted by atomic mass is 10.0. The molecular weight excluding hydrogens is 743 g/mol. The Morgan fingerprint density at radius 1 is 0.947 bits per heavy atom. The number of nitrogens with one attached hydrogen (secondary N) is 3. The molecule has 3 fully saturated rings. The molecule has 0 unspecified atom stereocenters. The van der Waals surface area contributed by atoms with Gasteiger partial charge in [0.2, 0.25) is 21.8 Å². The van der Waals surface area contributed by atoms with Crippen LogP contribution in [0.25, 0.3) is 22.2 Å². The van der Waals surface area contributed by atoms with E-state index in [1.165, 1.54) is 0 Å². The molecular formula is C44H49N5O7S. The first kappa shape index (κ1) is 38.6. The molecule has 3 amide bonds. The summed E-state index contributed by atoms with van der Waals surface area (Å²) in [5.74, 6) is -0.304. The highest BCUT2D eigenvalue weighted by Crippen LogP contribution is 2.45. The van der Waals surface area contributed by atoms with Crippen LogP contribution in [-0.2, 0) is 31.0 Å². The summed E-state index contributed by atoms with van der Waals surface area (Å²) in [7, 11) is -2.27. The second kappa shape index (κ2) is 16.3. The van der Waals surface area contributed by atoms with Crippen molar-refractivity contribution in [3.05, 3.63) is 102 Å². The van der Waals surface area contributed by atoms with Crippen LogP contribution in [0.15, 0.2) is 96.6 Å². The number of methoxy groups -OCH3 is 1. The van der Waals surface area contributed by atoms with E-state index < -0.39 is 50.8 Å². The predicted octanol–water partition coefficient (Wildman–Crippen LogP) is 5.56. The predicted molar refractivity (Wildman–Crippen MR) is 217 cm³/mol. The molecule has 2 aliphatic carbocycles. The van der Waals surface area contributed by atoms with Gasteiger partial charge in [-0.2, -0.15) is 0 Å². The summed E-state index contributed by atoms with van der Waals surface area (Å²) >= 11 is 0. The van der Waals surface area contributed by atoms with E-state index in [1.54, 1.807) is 12.0 Å². The van der Waals surface area contributed by atoms with Gasteiger partial charge in [0, 0.05) is 42.5 Å². The molecule has 8 rings (SSSR count). The fourth-order valence-electron chi connectivity index (χ4n) is 8.05. The molecule has 0 bridgehead atoms. The van der Waals surface area contributed by atoms with Crippen LogP contribution in [0, 0.1) is 0 Å². The summed E-state index contributed by atoms with van der Waals surface area (Å²) in [4.78, 5) is 49.7. The van der Waals surface area contributed by atoms with E-state index in [0.717, 1.165) is 42.2 Å². The van der Waals surface area contributed by atoms with Crippen molar-refractivity contribution in [3.8, 4) is 22.8 Å². The lowest BCUT2D eigenvalue weighted by Gasteiger charge is -2.30. The first-order valence-electron chi connectivity index (χ1n) is 20.0. The molecule has 1 saturated heterocycles. The number of sulfonamides is 1. The van der Waals surface area contributed by atoms with Crippen molar-refractivity contribution in [2.75, 3.05) is 13.7 Å². The Bertz CT molecular complexity index is 2280. The molecule has 4 aromatic rings. The lowest BCUT2D eigenvalue weighted by Crippen LogP contribution is -2.57. The fraction of sp³-hybridized carbons (Fsp3) is 0.409. The number of carbonyl (C=O) groups excluding carboxylic acids is 3. The normalized spacial score (nSPS) is 25.2. The largest absolute Gasteiger partial charge is 0.497 e. The van der Waals surface area contributed by atoms with Crippen LogP contribution < -0.4 is 24.8 Å². The number of fused-ring (bicyclic) bond motifs is 3. The zero-order valence-corrected chi connectivity index (χ0v) is 32.9. The molecule has 12 nitrogen and oxygen atoms in total. The van der Waals surface area contributed by atoms with Gasteiger partial charge in [-0.25, -0.2) is 13.4 Å². The number of carbonyl (C=O) groups is 3. The molecule has 13 heteroatoms. The van der Waals surface area contributed by atoms with E-state index >= 15 is 0 Å². The van der Waals surface area contributed by atoms with Gasteiger partial charge in [0.25, 0.3) is 5.91 Å². The third-order valence-corrected chi connectivity index (χ3v) is 13.3. The topological polar surface area (TPSA) is 156 Å². The van der Waals surface area contributed by atoms with Crippen LogP contribution >= 0.6 is 0 Å². The van der Waals surface area contributed by atoms with Crippen LogP contribution in [0.2, 0.25) is 0 Å². The number of amides is 3. The number of nitrogens with zero attached hydrogens (tertiary/aromatic N) is 2. The third kappa shape index (κ3) is 8.55. The molecule has 2 aliphatic heterocycles. The van der Waals surface area contributed by atoms with Crippen molar-refractivity contribution in [2.24, 2.45) is 0 Å². The smallest absolute Gasteiger partial charge is 0.263 e. The Morgan fingerprint density at radius 3 is 2.46 bits per heavy atom. The molecule has 0 radical (unpaired) electrons. The molecule has 4 atom stereocenters. The summed E-state index contributed by atoms with van der Waals surface area (Å²) in [6.45, 7) is 0.599. The van der Waals surface area contributed by atoms with Gasteiger partial charge >= 0.3 is 0 Å². The van der Waals surface area contributed by atoms with Gasteiger partial charge in [0.05, 0.1) is 36.2 Å².